The van der Waals surface area contributed by atoms with Crippen LogP contribution in [0.5, 0.6) is 0 Å². The highest BCUT2D eigenvalue weighted by molar-refractivity contribution is 7.91. The van der Waals surface area contributed by atoms with Crippen LogP contribution in [-0.2, 0) is 14.6 Å². The molecule has 0 amide bonds. The van der Waals surface area contributed by atoms with Crippen LogP contribution in [0.25, 0.3) is 0 Å². The van der Waals surface area contributed by atoms with Crippen molar-refractivity contribution in [2.75, 3.05) is 29.2 Å². The molecule has 0 radical (unpaired) electrons. The Hall–Kier alpha value is -1.28. The SMILES string of the molecule is CCOC(=O)c1sc(NC2CCS(=O)(=O)CC2)cc1N. The maximum absolute atomic E-state index is 11.7. The van der Waals surface area contributed by atoms with Gasteiger partial charge in [0.05, 0.1) is 28.8 Å². The van der Waals surface area contributed by atoms with Crippen LogP contribution in [0.3, 0.4) is 0 Å². The normalized spacial score (nSPS) is 18.6. The number of nitrogens with two attached hydrogens (primary N) is 1. The molecule has 3 N–H and O–H groups in total. The number of hydrogen-bond acceptors (Lipinski definition) is 7. The lowest BCUT2D eigenvalue weighted by molar-refractivity contribution is 0.0533. The van der Waals surface area contributed by atoms with E-state index in [1.54, 1.807) is 13.0 Å². The Bertz CT molecular complexity index is 581. The van der Waals surface area contributed by atoms with Crippen molar-refractivity contribution < 1.29 is 17.9 Å². The molecule has 8 heteroatoms. The first-order valence-electron chi connectivity index (χ1n) is 6.44. The Balaban J connectivity index is 2.01. The minimum atomic E-state index is -2.87. The molecule has 1 aliphatic rings. The Morgan fingerprint density at radius 3 is 2.75 bits per heavy atom. The molecule has 0 saturated carbocycles. The van der Waals surface area contributed by atoms with Gasteiger partial charge in [-0.05, 0) is 25.8 Å². The fourth-order valence-corrected chi connectivity index (χ4v) is 4.51. The largest absolute Gasteiger partial charge is 0.462 e. The van der Waals surface area contributed by atoms with Gasteiger partial charge in [0, 0.05) is 6.04 Å². The molecule has 0 unspecified atom stereocenters. The topological polar surface area (TPSA) is 98.5 Å². The summed E-state index contributed by atoms with van der Waals surface area (Å²) in [7, 11) is -2.87. The molecule has 0 spiro atoms. The number of carbonyl (C=O) groups excluding carboxylic acids is 1. The molecule has 1 saturated heterocycles. The van der Waals surface area contributed by atoms with Gasteiger partial charge in [-0.15, -0.1) is 11.3 Å². The highest BCUT2D eigenvalue weighted by Crippen LogP contribution is 2.31. The summed E-state index contributed by atoms with van der Waals surface area (Å²) in [5.74, 6) is -0.0127. The van der Waals surface area contributed by atoms with Crippen LogP contribution in [0.1, 0.15) is 29.4 Å². The first-order chi connectivity index (χ1) is 9.41. The number of hydrogen-bond donors (Lipinski definition) is 2. The maximum atomic E-state index is 11.7. The summed E-state index contributed by atoms with van der Waals surface area (Å²) >= 11 is 1.24. The van der Waals surface area contributed by atoms with E-state index in [4.69, 9.17) is 10.5 Å². The molecule has 0 aromatic carbocycles. The van der Waals surface area contributed by atoms with Crippen molar-refractivity contribution in [2.45, 2.75) is 25.8 Å². The van der Waals surface area contributed by atoms with Crippen LogP contribution in [0, 0.1) is 0 Å². The van der Waals surface area contributed by atoms with Gasteiger partial charge in [-0.3, -0.25) is 0 Å². The Kier molecular flexibility index (Phi) is 4.54. The number of nitrogens with one attached hydrogen (secondary N) is 1. The summed E-state index contributed by atoms with van der Waals surface area (Å²) in [5, 5.41) is 4.02. The zero-order valence-corrected chi connectivity index (χ0v) is 12.9. The summed E-state index contributed by atoms with van der Waals surface area (Å²) in [6.07, 6.45) is 1.16. The van der Waals surface area contributed by atoms with Gasteiger partial charge in [0.15, 0.2) is 0 Å². The predicted octanol–water partition coefficient (Wildman–Crippen LogP) is 1.50. The number of anilines is 2. The van der Waals surface area contributed by atoms with Crippen molar-refractivity contribution >= 4 is 37.8 Å². The fourth-order valence-electron chi connectivity index (χ4n) is 2.07. The standard InChI is InChI=1S/C12H18N2O4S2/c1-2-18-12(15)11-9(13)7-10(19-11)14-8-3-5-20(16,17)6-4-8/h7-8,14H,2-6,13H2,1H3. The molecule has 2 heterocycles. The third-order valence-corrected chi connectivity index (χ3v) is 5.90. The van der Waals surface area contributed by atoms with Crippen molar-refractivity contribution in [2.24, 2.45) is 0 Å². The van der Waals surface area contributed by atoms with E-state index < -0.39 is 15.8 Å². The van der Waals surface area contributed by atoms with Gasteiger partial charge in [0.2, 0.25) is 0 Å². The third kappa shape index (κ3) is 3.63. The van der Waals surface area contributed by atoms with Crippen molar-refractivity contribution in [3.05, 3.63) is 10.9 Å². The average Bonchev–Trinajstić information content (AvgIpc) is 2.73. The summed E-state index contributed by atoms with van der Waals surface area (Å²) in [6, 6.07) is 1.80. The van der Waals surface area contributed by atoms with Crippen molar-refractivity contribution in [3.8, 4) is 0 Å². The van der Waals surface area contributed by atoms with Crippen LogP contribution in [0.4, 0.5) is 10.7 Å². The van der Waals surface area contributed by atoms with Crippen LogP contribution in [0.15, 0.2) is 6.07 Å². The van der Waals surface area contributed by atoms with E-state index in [-0.39, 0.29) is 17.5 Å². The lowest BCUT2D eigenvalue weighted by Crippen LogP contribution is -2.31. The molecule has 2 rings (SSSR count). The summed E-state index contributed by atoms with van der Waals surface area (Å²) in [6.45, 7) is 2.04. The minimum absolute atomic E-state index is 0.103. The smallest absolute Gasteiger partial charge is 0.350 e. The van der Waals surface area contributed by atoms with E-state index in [1.807, 2.05) is 0 Å². The third-order valence-electron chi connectivity index (χ3n) is 3.12. The molecular weight excluding hydrogens is 300 g/mol. The van der Waals surface area contributed by atoms with Crippen LogP contribution < -0.4 is 11.1 Å². The van der Waals surface area contributed by atoms with Gasteiger partial charge < -0.3 is 15.8 Å². The monoisotopic (exact) mass is 318 g/mol. The highest BCUT2D eigenvalue weighted by Gasteiger charge is 2.24. The first kappa shape index (κ1) is 15.1. The number of carbonyl (C=O) groups is 1. The average molecular weight is 318 g/mol. The predicted molar refractivity (Wildman–Crippen MR) is 80.0 cm³/mol. The molecule has 0 atom stereocenters. The summed E-state index contributed by atoms with van der Waals surface area (Å²) < 4.78 is 27.6. The van der Waals surface area contributed by atoms with Gasteiger partial charge in [0.25, 0.3) is 0 Å². The minimum Gasteiger partial charge on any atom is -0.462 e. The first-order valence-corrected chi connectivity index (χ1v) is 9.08. The molecule has 1 fully saturated rings. The molecule has 1 aromatic rings. The van der Waals surface area contributed by atoms with E-state index in [9.17, 15) is 13.2 Å². The number of sulfone groups is 1. The number of thiophene rings is 1. The molecule has 1 aromatic heterocycles. The Morgan fingerprint density at radius 2 is 2.15 bits per heavy atom. The molecule has 6 nitrogen and oxygen atoms in total. The summed E-state index contributed by atoms with van der Waals surface area (Å²) in [5.41, 5.74) is 6.18. The van der Waals surface area contributed by atoms with Crippen molar-refractivity contribution in [1.82, 2.24) is 0 Å². The quantitative estimate of drug-likeness (QED) is 0.816. The van der Waals surface area contributed by atoms with Gasteiger partial charge in [-0.2, -0.15) is 0 Å². The van der Waals surface area contributed by atoms with Crippen molar-refractivity contribution in [1.29, 1.82) is 0 Å². The Morgan fingerprint density at radius 1 is 1.50 bits per heavy atom. The van der Waals surface area contributed by atoms with Gasteiger partial charge >= 0.3 is 5.97 Å². The van der Waals surface area contributed by atoms with Crippen LogP contribution >= 0.6 is 11.3 Å². The fraction of sp³-hybridized carbons (Fsp3) is 0.583. The van der Waals surface area contributed by atoms with E-state index in [0.717, 1.165) is 5.00 Å². The van der Waals surface area contributed by atoms with Gasteiger partial charge in [-0.25, -0.2) is 13.2 Å². The molecule has 0 aliphatic carbocycles. The number of rotatable bonds is 4. The number of nitrogen functional groups attached to an aromatic ring is 1. The van der Waals surface area contributed by atoms with Crippen molar-refractivity contribution in [3.63, 3.8) is 0 Å². The maximum Gasteiger partial charge on any atom is 0.350 e. The van der Waals surface area contributed by atoms with E-state index in [2.05, 4.69) is 5.32 Å². The lowest BCUT2D eigenvalue weighted by Gasteiger charge is -2.23. The zero-order chi connectivity index (χ0) is 14.8. The molecule has 0 bridgehead atoms. The molecule has 20 heavy (non-hydrogen) atoms. The van der Waals surface area contributed by atoms with Crippen LogP contribution in [0.2, 0.25) is 0 Å². The second kappa shape index (κ2) is 6.01. The lowest BCUT2D eigenvalue weighted by atomic mass is 10.1. The van der Waals surface area contributed by atoms with Crippen LogP contribution in [-0.4, -0.2) is 38.5 Å². The zero-order valence-electron chi connectivity index (χ0n) is 11.2. The second-order valence-electron chi connectivity index (χ2n) is 4.69. The Labute approximate surface area is 122 Å². The molecular formula is C12H18N2O4S2. The van der Waals surface area contributed by atoms with Gasteiger partial charge in [0.1, 0.15) is 14.7 Å². The van der Waals surface area contributed by atoms with Gasteiger partial charge in [-0.1, -0.05) is 0 Å². The second-order valence-corrected chi connectivity index (χ2v) is 8.04. The number of esters is 1. The summed E-state index contributed by atoms with van der Waals surface area (Å²) in [4.78, 5) is 12.0. The van der Waals surface area contributed by atoms with E-state index in [0.29, 0.717) is 30.0 Å². The van der Waals surface area contributed by atoms with E-state index >= 15 is 0 Å². The van der Waals surface area contributed by atoms with E-state index in [1.165, 1.54) is 11.3 Å². The highest BCUT2D eigenvalue weighted by atomic mass is 32.2. The molecule has 112 valence electrons. The molecule has 1 aliphatic heterocycles. The number of ether oxygens (including phenoxy) is 1.